The summed E-state index contributed by atoms with van der Waals surface area (Å²) >= 11 is 0. The molecular weight excluding hydrogens is 396 g/mol. The van der Waals surface area contributed by atoms with Gasteiger partial charge in [-0.1, -0.05) is 81.7 Å². The van der Waals surface area contributed by atoms with E-state index in [1.165, 1.54) is 39.5 Å². The number of aliphatic carboxylic acids is 1. The molecule has 2 aliphatic carbocycles. The largest absolute Gasteiger partial charge is 0.479 e. The van der Waals surface area contributed by atoms with Gasteiger partial charge in [0.1, 0.15) is 6.10 Å². The lowest BCUT2D eigenvalue weighted by Gasteiger charge is -2.20. The van der Waals surface area contributed by atoms with Crippen molar-refractivity contribution in [2.45, 2.75) is 90.3 Å². The highest BCUT2D eigenvalue weighted by molar-refractivity contribution is 5.76. The van der Waals surface area contributed by atoms with Crippen LogP contribution in [0.2, 0.25) is 0 Å². The molecule has 0 unspecified atom stereocenters. The van der Waals surface area contributed by atoms with Crippen LogP contribution in [-0.4, -0.2) is 29.1 Å². The summed E-state index contributed by atoms with van der Waals surface area (Å²) in [5.74, 6) is -0.602. The third-order valence-corrected chi connectivity index (χ3v) is 6.11. The molecular formula is C25H36O6. The van der Waals surface area contributed by atoms with Crippen LogP contribution < -0.4 is 0 Å². The minimum absolute atomic E-state index is 0.0585. The Kier molecular flexibility index (Phi) is 10.5. The summed E-state index contributed by atoms with van der Waals surface area (Å²) in [5, 5.41) is 8.81. The molecule has 0 heterocycles. The number of carbonyl (C=O) groups is 3. The van der Waals surface area contributed by atoms with E-state index in [1.807, 2.05) is 30.3 Å². The first-order valence-corrected chi connectivity index (χ1v) is 11.5. The molecule has 6 nitrogen and oxygen atoms in total. The van der Waals surface area contributed by atoms with Gasteiger partial charge in [0.15, 0.2) is 6.10 Å². The van der Waals surface area contributed by atoms with Gasteiger partial charge in [-0.2, -0.15) is 0 Å². The maximum Gasteiger partial charge on any atom is 0.345 e. The molecule has 0 saturated heterocycles. The van der Waals surface area contributed by atoms with Crippen LogP contribution in [0.3, 0.4) is 0 Å². The normalized spacial score (nSPS) is 18.5. The Morgan fingerprint density at radius 2 is 1.32 bits per heavy atom. The van der Waals surface area contributed by atoms with Crippen LogP contribution >= 0.6 is 0 Å². The van der Waals surface area contributed by atoms with E-state index in [0.29, 0.717) is 12.3 Å². The summed E-state index contributed by atoms with van der Waals surface area (Å²) < 4.78 is 10.2. The average Bonchev–Trinajstić information content (AvgIpc) is 3.42. The number of esters is 2. The van der Waals surface area contributed by atoms with Crippen molar-refractivity contribution in [2.24, 2.45) is 11.8 Å². The molecule has 0 amide bonds. The lowest BCUT2D eigenvalue weighted by molar-refractivity contribution is -0.163. The zero-order valence-corrected chi connectivity index (χ0v) is 18.8. The fraction of sp³-hybridized carbons (Fsp3) is 0.640. The van der Waals surface area contributed by atoms with Crippen LogP contribution in [0.15, 0.2) is 30.3 Å². The maximum atomic E-state index is 11.2. The number of hydrogen-bond donors (Lipinski definition) is 1. The topological polar surface area (TPSA) is 89.9 Å². The Morgan fingerprint density at radius 1 is 0.839 bits per heavy atom. The fourth-order valence-corrected chi connectivity index (χ4v) is 4.62. The highest BCUT2D eigenvalue weighted by atomic mass is 16.6. The van der Waals surface area contributed by atoms with Crippen molar-refractivity contribution in [3.63, 3.8) is 0 Å². The van der Waals surface area contributed by atoms with E-state index in [-0.39, 0.29) is 12.1 Å². The Morgan fingerprint density at radius 3 is 1.77 bits per heavy atom. The van der Waals surface area contributed by atoms with Gasteiger partial charge >= 0.3 is 17.9 Å². The van der Waals surface area contributed by atoms with Crippen LogP contribution in [0.5, 0.6) is 0 Å². The van der Waals surface area contributed by atoms with Crippen LogP contribution in [-0.2, 0) is 23.9 Å². The summed E-state index contributed by atoms with van der Waals surface area (Å²) in [6.07, 6.45) is 10.1. The predicted molar refractivity (Wildman–Crippen MR) is 117 cm³/mol. The quantitative estimate of drug-likeness (QED) is 0.549. The lowest BCUT2D eigenvalue weighted by atomic mass is 9.95. The average molecular weight is 433 g/mol. The highest BCUT2D eigenvalue weighted by Crippen LogP contribution is 2.34. The minimum atomic E-state index is -1.04. The highest BCUT2D eigenvalue weighted by Gasteiger charge is 2.27. The van der Waals surface area contributed by atoms with Crippen LogP contribution in [0.4, 0.5) is 0 Å². The third kappa shape index (κ3) is 9.53. The Balaban J connectivity index is 0.000000225. The van der Waals surface area contributed by atoms with E-state index in [9.17, 15) is 14.4 Å². The second-order valence-electron chi connectivity index (χ2n) is 8.72. The molecule has 0 aliphatic heterocycles. The number of rotatable bonds is 8. The van der Waals surface area contributed by atoms with Gasteiger partial charge in [0, 0.05) is 13.8 Å². The Hall–Kier alpha value is -2.37. The van der Waals surface area contributed by atoms with Crippen molar-refractivity contribution in [1.29, 1.82) is 0 Å². The molecule has 0 radical (unpaired) electrons. The second kappa shape index (κ2) is 13.1. The monoisotopic (exact) mass is 432 g/mol. The SMILES string of the molecule is CC(=O)O[C@@H](CC1CCCC1)C(=O)O.CC(=O)O[C@@H](CC1CCCC1)c1ccccc1. The van der Waals surface area contributed by atoms with Crippen molar-refractivity contribution in [2.75, 3.05) is 0 Å². The summed E-state index contributed by atoms with van der Waals surface area (Å²) in [7, 11) is 0. The molecule has 31 heavy (non-hydrogen) atoms. The molecule has 0 spiro atoms. The molecule has 1 aromatic carbocycles. The van der Waals surface area contributed by atoms with E-state index in [2.05, 4.69) is 0 Å². The van der Waals surface area contributed by atoms with Crippen molar-refractivity contribution in [1.82, 2.24) is 0 Å². The summed E-state index contributed by atoms with van der Waals surface area (Å²) in [6.45, 7) is 2.73. The third-order valence-electron chi connectivity index (χ3n) is 6.11. The molecule has 2 atom stereocenters. The number of benzene rings is 1. The van der Waals surface area contributed by atoms with Gasteiger partial charge in [-0.3, -0.25) is 9.59 Å². The molecule has 2 aliphatic rings. The van der Waals surface area contributed by atoms with Gasteiger partial charge in [0.05, 0.1) is 0 Å². The molecule has 1 N–H and O–H groups in total. The smallest absolute Gasteiger partial charge is 0.345 e. The minimum Gasteiger partial charge on any atom is -0.479 e. The van der Waals surface area contributed by atoms with E-state index in [0.717, 1.165) is 43.6 Å². The standard InChI is InChI=1S/C15H20O2.C10H16O4/c1-12(16)17-15(11-13-7-5-6-8-13)14-9-3-2-4-10-14;1-7(11)14-9(10(12)13)6-8-4-2-3-5-8/h2-4,9-10,13,15H,5-8,11H2,1H3;8-9H,2-6H2,1H3,(H,12,13)/t15-;9-/m00/s1. The van der Waals surface area contributed by atoms with E-state index >= 15 is 0 Å². The van der Waals surface area contributed by atoms with E-state index < -0.39 is 18.0 Å². The van der Waals surface area contributed by atoms with E-state index in [1.54, 1.807) is 0 Å². The van der Waals surface area contributed by atoms with E-state index in [4.69, 9.17) is 14.6 Å². The van der Waals surface area contributed by atoms with Crippen LogP contribution in [0, 0.1) is 11.8 Å². The predicted octanol–water partition coefficient (Wildman–Crippen LogP) is 5.45. The first-order valence-electron chi connectivity index (χ1n) is 11.5. The van der Waals surface area contributed by atoms with Crippen molar-refractivity contribution >= 4 is 17.9 Å². The molecule has 2 fully saturated rings. The molecule has 0 aromatic heterocycles. The second-order valence-corrected chi connectivity index (χ2v) is 8.72. The maximum absolute atomic E-state index is 11.2. The molecule has 2 saturated carbocycles. The number of carbonyl (C=O) groups excluding carboxylic acids is 2. The zero-order valence-electron chi connectivity index (χ0n) is 18.8. The fourth-order valence-electron chi connectivity index (χ4n) is 4.62. The van der Waals surface area contributed by atoms with Gasteiger partial charge in [0.25, 0.3) is 0 Å². The van der Waals surface area contributed by atoms with Gasteiger partial charge in [-0.05, 0) is 30.2 Å². The zero-order chi connectivity index (χ0) is 22.6. The molecule has 1 aromatic rings. The van der Waals surface area contributed by atoms with Crippen molar-refractivity contribution in [3.8, 4) is 0 Å². The summed E-state index contributed by atoms with van der Waals surface area (Å²) in [5.41, 5.74) is 1.12. The van der Waals surface area contributed by atoms with Gasteiger partial charge in [-0.15, -0.1) is 0 Å². The first kappa shape index (κ1) is 24.9. The first-order chi connectivity index (χ1) is 14.8. The van der Waals surface area contributed by atoms with Crippen LogP contribution in [0.25, 0.3) is 0 Å². The number of ether oxygens (including phenoxy) is 2. The van der Waals surface area contributed by atoms with Crippen LogP contribution in [0.1, 0.15) is 89.7 Å². The molecule has 172 valence electrons. The molecule has 3 rings (SSSR count). The summed E-state index contributed by atoms with van der Waals surface area (Å²) in [6, 6.07) is 10.1. The van der Waals surface area contributed by atoms with Crippen molar-refractivity contribution in [3.05, 3.63) is 35.9 Å². The Labute approximate surface area is 185 Å². The molecule has 0 bridgehead atoms. The van der Waals surface area contributed by atoms with Crippen molar-refractivity contribution < 1.29 is 29.0 Å². The number of carboxylic acids is 1. The van der Waals surface area contributed by atoms with Gasteiger partial charge in [0.2, 0.25) is 0 Å². The number of hydrogen-bond acceptors (Lipinski definition) is 5. The lowest BCUT2D eigenvalue weighted by Crippen LogP contribution is -2.28. The molecule has 6 heteroatoms. The summed E-state index contributed by atoms with van der Waals surface area (Å²) in [4.78, 5) is 32.6. The van der Waals surface area contributed by atoms with Gasteiger partial charge < -0.3 is 14.6 Å². The van der Waals surface area contributed by atoms with Gasteiger partial charge in [-0.25, -0.2) is 4.79 Å². The number of carboxylic acid groups (broad SMARTS) is 1. The Bertz CT molecular complexity index is 689.